The zero-order valence-corrected chi connectivity index (χ0v) is 18.9. The number of aliphatic hydroxyl groups is 1. The molecule has 0 unspecified atom stereocenters. The molecular weight excluding hydrogens is 463 g/mol. The van der Waals surface area contributed by atoms with E-state index >= 15 is 0 Å². The van der Waals surface area contributed by atoms with Crippen molar-refractivity contribution in [3.05, 3.63) is 63.6 Å². The molecule has 0 bridgehead atoms. The van der Waals surface area contributed by atoms with E-state index in [0.29, 0.717) is 21.8 Å². The summed E-state index contributed by atoms with van der Waals surface area (Å²) in [4.78, 5) is 28.1. The lowest BCUT2D eigenvalue weighted by Gasteiger charge is -2.40. The summed E-state index contributed by atoms with van der Waals surface area (Å²) in [5, 5.41) is 14.5. The van der Waals surface area contributed by atoms with Gasteiger partial charge in [0.05, 0.1) is 11.2 Å². The Hall–Kier alpha value is -2.42. The molecule has 1 aliphatic heterocycles. The van der Waals surface area contributed by atoms with Crippen LogP contribution < -0.4 is 5.32 Å². The number of anilines is 1. The summed E-state index contributed by atoms with van der Waals surface area (Å²) in [6.07, 6.45) is 0.457. The van der Waals surface area contributed by atoms with Crippen LogP contribution in [0.3, 0.4) is 0 Å². The highest BCUT2D eigenvalue weighted by Gasteiger charge is 2.37. The normalized spacial score (nSPS) is 15.4. The van der Waals surface area contributed by atoms with Gasteiger partial charge in [-0.05, 0) is 50.1 Å². The number of likely N-dealkylation sites (tertiary alicyclic amines) is 1. The molecule has 0 saturated carbocycles. The van der Waals surface area contributed by atoms with Gasteiger partial charge in [0.2, 0.25) is 0 Å². The standard InChI is InChI=1S/C22H23Cl2F2N3O3/c1-2-28(20(30)18-4-3-16(25)12-19(18)26)13-22(32)5-7-29(8-6-22)21(31)27-17-10-14(23)9-15(24)11-17/h3-4,9-12,32H,2,5-8,13H2,1H3,(H,27,31). The molecule has 2 N–H and O–H groups in total. The zero-order chi connectivity index (χ0) is 23.5. The molecule has 2 aromatic carbocycles. The Morgan fingerprint density at radius 3 is 2.31 bits per heavy atom. The minimum atomic E-state index is -1.24. The molecule has 2 aromatic rings. The molecule has 1 heterocycles. The van der Waals surface area contributed by atoms with Crippen LogP contribution in [-0.2, 0) is 0 Å². The van der Waals surface area contributed by atoms with Crippen molar-refractivity contribution in [2.45, 2.75) is 25.4 Å². The largest absolute Gasteiger partial charge is 0.388 e. The Balaban J connectivity index is 1.60. The first-order valence-electron chi connectivity index (χ1n) is 10.1. The maximum Gasteiger partial charge on any atom is 0.321 e. The number of nitrogens with zero attached hydrogens (tertiary/aromatic N) is 2. The van der Waals surface area contributed by atoms with Crippen molar-refractivity contribution in [3.63, 3.8) is 0 Å². The zero-order valence-electron chi connectivity index (χ0n) is 17.4. The van der Waals surface area contributed by atoms with Crippen molar-refractivity contribution >= 4 is 40.8 Å². The van der Waals surface area contributed by atoms with Gasteiger partial charge in [0, 0.05) is 48.0 Å². The van der Waals surface area contributed by atoms with E-state index in [9.17, 15) is 23.5 Å². The number of nitrogens with one attached hydrogen (secondary N) is 1. The molecule has 1 saturated heterocycles. The number of piperidine rings is 1. The number of amides is 3. The number of halogens is 4. The summed E-state index contributed by atoms with van der Waals surface area (Å²) in [5.41, 5.74) is -1.04. The number of hydrogen-bond donors (Lipinski definition) is 2. The van der Waals surface area contributed by atoms with Gasteiger partial charge in [-0.1, -0.05) is 23.2 Å². The van der Waals surface area contributed by atoms with Crippen LogP contribution >= 0.6 is 23.2 Å². The SMILES string of the molecule is CCN(CC1(O)CCN(C(=O)Nc2cc(Cl)cc(Cl)c2)CC1)C(=O)c1ccc(F)cc1F. The van der Waals surface area contributed by atoms with Gasteiger partial charge >= 0.3 is 6.03 Å². The highest BCUT2D eigenvalue weighted by molar-refractivity contribution is 6.35. The first-order valence-corrected chi connectivity index (χ1v) is 10.8. The molecule has 0 aromatic heterocycles. The highest BCUT2D eigenvalue weighted by Crippen LogP contribution is 2.26. The molecule has 172 valence electrons. The van der Waals surface area contributed by atoms with E-state index in [1.807, 2.05) is 0 Å². The van der Waals surface area contributed by atoms with Crippen LogP contribution in [0.15, 0.2) is 36.4 Å². The number of hydrogen-bond acceptors (Lipinski definition) is 3. The summed E-state index contributed by atoms with van der Waals surface area (Å²) in [7, 11) is 0. The fraction of sp³-hybridized carbons (Fsp3) is 0.364. The van der Waals surface area contributed by atoms with Gasteiger partial charge in [0.1, 0.15) is 11.6 Å². The molecule has 0 atom stereocenters. The van der Waals surface area contributed by atoms with Gasteiger partial charge in [-0.25, -0.2) is 13.6 Å². The average molecular weight is 486 g/mol. The Kier molecular flexibility index (Phi) is 7.59. The van der Waals surface area contributed by atoms with Gasteiger partial charge in [-0.3, -0.25) is 4.79 Å². The number of likely N-dealkylation sites (N-methyl/N-ethyl adjacent to an activating group) is 1. The molecule has 6 nitrogen and oxygen atoms in total. The number of urea groups is 1. The lowest BCUT2D eigenvalue weighted by molar-refractivity contribution is -0.0324. The van der Waals surface area contributed by atoms with Crippen molar-refractivity contribution in [2.24, 2.45) is 0 Å². The number of rotatable bonds is 5. The minimum Gasteiger partial charge on any atom is -0.388 e. The summed E-state index contributed by atoms with van der Waals surface area (Å²) >= 11 is 11.9. The smallest absolute Gasteiger partial charge is 0.321 e. The second-order valence-corrected chi connectivity index (χ2v) is 8.62. The maximum atomic E-state index is 14.0. The van der Waals surface area contributed by atoms with Crippen molar-refractivity contribution in [2.75, 3.05) is 31.5 Å². The quantitative estimate of drug-likeness (QED) is 0.639. The fourth-order valence-corrected chi connectivity index (χ4v) is 4.15. The van der Waals surface area contributed by atoms with E-state index in [0.717, 1.165) is 12.1 Å². The average Bonchev–Trinajstić information content (AvgIpc) is 2.71. The van der Waals surface area contributed by atoms with E-state index in [-0.39, 0.29) is 50.6 Å². The molecule has 0 spiro atoms. The Bertz CT molecular complexity index is 994. The first kappa shape index (κ1) is 24.2. The van der Waals surface area contributed by atoms with Crippen LogP contribution in [0.25, 0.3) is 0 Å². The maximum absolute atomic E-state index is 14.0. The van der Waals surface area contributed by atoms with E-state index in [1.54, 1.807) is 30.0 Å². The highest BCUT2D eigenvalue weighted by atomic mass is 35.5. The molecule has 1 aliphatic rings. The number of benzene rings is 2. The molecule has 3 amide bonds. The third-order valence-electron chi connectivity index (χ3n) is 5.41. The lowest BCUT2D eigenvalue weighted by atomic mass is 9.90. The van der Waals surface area contributed by atoms with Crippen LogP contribution in [0, 0.1) is 11.6 Å². The monoisotopic (exact) mass is 485 g/mol. The van der Waals surface area contributed by atoms with E-state index in [1.165, 1.54) is 4.90 Å². The number of carbonyl (C=O) groups is 2. The van der Waals surface area contributed by atoms with Gasteiger partial charge in [-0.15, -0.1) is 0 Å². The number of carbonyl (C=O) groups excluding carboxylic acids is 2. The fourth-order valence-electron chi connectivity index (χ4n) is 3.63. The third kappa shape index (κ3) is 5.88. The van der Waals surface area contributed by atoms with E-state index in [2.05, 4.69) is 5.32 Å². The van der Waals surface area contributed by atoms with Crippen LogP contribution in [0.5, 0.6) is 0 Å². The van der Waals surface area contributed by atoms with Crippen molar-refractivity contribution in [3.8, 4) is 0 Å². The topological polar surface area (TPSA) is 72.9 Å². The first-order chi connectivity index (χ1) is 15.1. The van der Waals surface area contributed by atoms with Crippen molar-refractivity contribution in [1.82, 2.24) is 9.80 Å². The summed E-state index contributed by atoms with van der Waals surface area (Å²) in [6, 6.07) is 7.11. The molecule has 3 rings (SSSR count). The third-order valence-corrected chi connectivity index (χ3v) is 5.85. The predicted octanol–water partition coefficient (Wildman–Crippen LogP) is 4.79. The molecule has 10 heteroatoms. The van der Waals surface area contributed by atoms with Gasteiger partial charge in [0.15, 0.2) is 0 Å². The lowest BCUT2D eigenvalue weighted by Crippen LogP contribution is -2.53. The molecular formula is C22H23Cl2F2N3O3. The second-order valence-electron chi connectivity index (χ2n) is 7.74. The molecule has 1 fully saturated rings. The summed E-state index contributed by atoms with van der Waals surface area (Å²) in [5.74, 6) is -2.35. The summed E-state index contributed by atoms with van der Waals surface area (Å²) < 4.78 is 27.2. The van der Waals surface area contributed by atoms with Crippen molar-refractivity contribution in [1.29, 1.82) is 0 Å². The van der Waals surface area contributed by atoms with Crippen LogP contribution in [0.4, 0.5) is 19.3 Å². The van der Waals surface area contributed by atoms with Gasteiger partial charge in [0.25, 0.3) is 5.91 Å². The summed E-state index contributed by atoms with van der Waals surface area (Å²) in [6.45, 7) is 2.43. The Labute approximate surface area is 194 Å². The van der Waals surface area contributed by atoms with Crippen LogP contribution in [-0.4, -0.2) is 58.6 Å². The molecule has 32 heavy (non-hydrogen) atoms. The Morgan fingerprint density at radius 2 is 1.75 bits per heavy atom. The molecule has 0 radical (unpaired) electrons. The predicted molar refractivity (Wildman–Crippen MR) is 119 cm³/mol. The molecule has 0 aliphatic carbocycles. The second kappa shape index (κ2) is 10.0. The Morgan fingerprint density at radius 1 is 1.12 bits per heavy atom. The van der Waals surface area contributed by atoms with E-state index in [4.69, 9.17) is 23.2 Å². The van der Waals surface area contributed by atoms with Crippen LogP contribution in [0.1, 0.15) is 30.1 Å². The van der Waals surface area contributed by atoms with E-state index < -0.39 is 23.1 Å². The van der Waals surface area contributed by atoms with Crippen molar-refractivity contribution < 1.29 is 23.5 Å². The van der Waals surface area contributed by atoms with Gasteiger partial charge < -0.3 is 20.2 Å². The van der Waals surface area contributed by atoms with Gasteiger partial charge in [-0.2, -0.15) is 0 Å². The van der Waals surface area contributed by atoms with Crippen LogP contribution in [0.2, 0.25) is 10.0 Å². The minimum absolute atomic E-state index is 0.0293.